The fourth-order valence-corrected chi connectivity index (χ4v) is 1.87. The molecule has 0 spiro atoms. The van der Waals surface area contributed by atoms with Gasteiger partial charge in [0, 0.05) is 18.0 Å². The van der Waals surface area contributed by atoms with Crippen molar-refractivity contribution >= 4 is 0 Å². The summed E-state index contributed by atoms with van der Waals surface area (Å²) in [5.74, 6) is 1.73. The summed E-state index contributed by atoms with van der Waals surface area (Å²) < 4.78 is 5.73. The van der Waals surface area contributed by atoms with Gasteiger partial charge in [0.2, 0.25) is 0 Å². The molecule has 3 rings (SSSR count). The molecule has 2 aromatic carbocycles. The van der Waals surface area contributed by atoms with Gasteiger partial charge in [-0.25, -0.2) is 4.98 Å². The van der Waals surface area contributed by atoms with E-state index >= 15 is 0 Å². The molecule has 0 fully saturated rings. The predicted molar refractivity (Wildman–Crippen MR) is 74.8 cm³/mol. The summed E-state index contributed by atoms with van der Waals surface area (Å²) >= 11 is 0. The number of nitrogens with zero attached hydrogens (tertiary/aromatic N) is 1. The Hall–Kier alpha value is -2.55. The van der Waals surface area contributed by atoms with Crippen molar-refractivity contribution in [1.29, 1.82) is 0 Å². The molecule has 94 valence electrons. The van der Waals surface area contributed by atoms with Crippen molar-refractivity contribution in [3.63, 3.8) is 0 Å². The van der Waals surface area contributed by atoms with Gasteiger partial charge in [-0.15, -0.1) is 0 Å². The van der Waals surface area contributed by atoms with Crippen LogP contribution in [0.5, 0.6) is 5.75 Å². The molecule has 3 aromatic rings. The number of aromatic nitrogens is 2. The molecule has 0 aliphatic heterocycles. The second-order valence-electron chi connectivity index (χ2n) is 4.24. The van der Waals surface area contributed by atoms with E-state index in [4.69, 9.17) is 4.74 Å². The topological polar surface area (TPSA) is 37.9 Å². The third-order valence-corrected chi connectivity index (χ3v) is 2.87. The van der Waals surface area contributed by atoms with Crippen LogP contribution in [0.3, 0.4) is 0 Å². The second-order valence-corrected chi connectivity index (χ2v) is 4.24. The molecule has 19 heavy (non-hydrogen) atoms. The van der Waals surface area contributed by atoms with E-state index in [0.717, 1.165) is 22.7 Å². The number of benzene rings is 2. The van der Waals surface area contributed by atoms with Crippen molar-refractivity contribution in [2.45, 2.75) is 6.61 Å². The first kappa shape index (κ1) is 11.5. The van der Waals surface area contributed by atoms with E-state index < -0.39 is 0 Å². The van der Waals surface area contributed by atoms with E-state index in [9.17, 15) is 0 Å². The average molecular weight is 250 g/mol. The van der Waals surface area contributed by atoms with Crippen LogP contribution in [0.25, 0.3) is 11.4 Å². The maximum Gasteiger partial charge on any atom is 0.137 e. The van der Waals surface area contributed by atoms with Crippen LogP contribution in [0.2, 0.25) is 0 Å². The number of hydrogen-bond donors (Lipinski definition) is 1. The average Bonchev–Trinajstić information content (AvgIpc) is 3.01. The van der Waals surface area contributed by atoms with Crippen LogP contribution in [0.1, 0.15) is 5.56 Å². The van der Waals surface area contributed by atoms with E-state index in [1.165, 1.54) is 0 Å². The van der Waals surface area contributed by atoms with Gasteiger partial charge in [0.15, 0.2) is 0 Å². The Morgan fingerprint density at radius 1 is 0.947 bits per heavy atom. The fourth-order valence-electron chi connectivity index (χ4n) is 1.87. The highest BCUT2D eigenvalue weighted by Gasteiger charge is 2.00. The van der Waals surface area contributed by atoms with E-state index in [1.54, 1.807) is 6.20 Å². The van der Waals surface area contributed by atoms with Gasteiger partial charge in [-0.3, -0.25) is 0 Å². The molecule has 1 N–H and O–H groups in total. The zero-order valence-corrected chi connectivity index (χ0v) is 10.4. The summed E-state index contributed by atoms with van der Waals surface area (Å²) in [7, 11) is 0. The second kappa shape index (κ2) is 5.40. The van der Waals surface area contributed by atoms with Gasteiger partial charge >= 0.3 is 0 Å². The standard InChI is InChI=1S/C16H14N2O/c1-2-4-13(5-3-1)12-19-15-8-6-14(7-9-15)16-17-10-11-18-16/h1-11H,12H2,(H,17,18). The Labute approximate surface area is 111 Å². The molecule has 0 atom stereocenters. The lowest BCUT2D eigenvalue weighted by molar-refractivity contribution is 0.306. The first-order valence-electron chi connectivity index (χ1n) is 6.18. The van der Waals surface area contributed by atoms with Crippen LogP contribution in [0.15, 0.2) is 67.0 Å². The number of aromatic amines is 1. The van der Waals surface area contributed by atoms with Crippen molar-refractivity contribution in [3.05, 3.63) is 72.6 Å². The van der Waals surface area contributed by atoms with Gasteiger partial charge in [-0.05, 0) is 29.8 Å². The molecular formula is C16H14N2O. The monoisotopic (exact) mass is 250 g/mol. The summed E-state index contributed by atoms with van der Waals surface area (Å²) in [6, 6.07) is 18.0. The van der Waals surface area contributed by atoms with E-state index in [-0.39, 0.29) is 0 Å². The molecule has 0 radical (unpaired) electrons. The lowest BCUT2D eigenvalue weighted by Gasteiger charge is -2.06. The lowest BCUT2D eigenvalue weighted by atomic mass is 10.2. The molecule has 3 nitrogen and oxygen atoms in total. The largest absolute Gasteiger partial charge is 0.489 e. The molecule has 0 bridgehead atoms. The van der Waals surface area contributed by atoms with Gasteiger partial charge in [0.25, 0.3) is 0 Å². The number of imidazole rings is 1. The molecule has 0 saturated carbocycles. The fraction of sp³-hybridized carbons (Fsp3) is 0.0625. The minimum absolute atomic E-state index is 0.584. The number of rotatable bonds is 4. The lowest BCUT2D eigenvalue weighted by Crippen LogP contribution is -1.94. The van der Waals surface area contributed by atoms with Crippen molar-refractivity contribution in [1.82, 2.24) is 9.97 Å². The zero-order valence-electron chi connectivity index (χ0n) is 10.4. The van der Waals surface area contributed by atoms with Crippen molar-refractivity contribution in [3.8, 4) is 17.1 Å². The summed E-state index contributed by atoms with van der Waals surface area (Å²) in [6.07, 6.45) is 3.56. The van der Waals surface area contributed by atoms with Crippen LogP contribution in [0, 0.1) is 0 Å². The van der Waals surface area contributed by atoms with Crippen LogP contribution in [0.4, 0.5) is 0 Å². The van der Waals surface area contributed by atoms with E-state index in [0.29, 0.717) is 6.61 Å². The van der Waals surface area contributed by atoms with Crippen molar-refractivity contribution < 1.29 is 4.74 Å². The molecular weight excluding hydrogens is 236 g/mol. The smallest absolute Gasteiger partial charge is 0.137 e. The Balaban J connectivity index is 1.67. The maximum absolute atomic E-state index is 5.73. The van der Waals surface area contributed by atoms with Crippen LogP contribution in [-0.4, -0.2) is 9.97 Å². The highest BCUT2D eigenvalue weighted by molar-refractivity contribution is 5.55. The van der Waals surface area contributed by atoms with Crippen LogP contribution >= 0.6 is 0 Å². The van der Waals surface area contributed by atoms with Gasteiger partial charge < -0.3 is 9.72 Å². The third-order valence-electron chi connectivity index (χ3n) is 2.87. The first-order valence-corrected chi connectivity index (χ1v) is 6.18. The van der Waals surface area contributed by atoms with Gasteiger partial charge in [-0.2, -0.15) is 0 Å². The maximum atomic E-state index is 5.73. The Morgan fingerprint density at radius 2 is 1.74 bits per heavy atom. The number of ether oxygens (including phenoxy) is 1. The Kier molecular flexibility index (Phi) is 3.28. The van der Waals surface area contributed by atoms with Crippen molar-refractivity contribution in [2.24, 2.45) is 0 Å². The van der Waals surface area contributed by atoms with E-state index in [2.05, 4.69) is 22.1 Å². The van der Waals surface area contributed by atoms with Crippen LogP contribution < -0.4 is 4.74 Å². The summed E-state index contributed by atoms with van der Waals surface area (Å²) in [4.78, 5) is 7.29. The quantitative estimate of drug-likeness (QED) is 0.767. The summed E-state index contributed by atoms with van der Waals surface area (Å²) in [5.41, 5.74) is 2.22. The number of H-pyrrole nitrogens is 1. The number of nitrogens with one attached hydrogen (secondary N) is 1. The van der Waals surface area contributed by atoms with E-state index in [1.807, 2.05) is 48.7 Å². The molecule has 1 heterocycles. The minimum Gasteiger partial charge on any atom is -0.489 e. The predicted octanol–water partition coefficient (Wildman–Crippen LogP) is 3.66. The third kappa shape index (κ3) is 2.83. The van der Waals surface area contributed by atoms with Gasteiger partial charge in [0.05, 0.1) is 0 Å². The highest BCUT2D eigenvalue weighted by atomic mass is 16.5. The van der Waals surface area contributed by atoms with Crippen LogP contribution in [-0.2, 0) is 6.61 Å². The minimum atomic E-state index is 0.584. The summed E-state index contributed by atoms with van der Waals surface area (Å²) in [5, 5.41) is 0. The zero-order chi connectivity index (χ0) is 12.9. The molecule has 1 aromatic heterocycles. The highest BCUT2D eigenvalue weighted by Crippen LogP contribution is 2.19. The molecule has 0 unspecified atom stereocenters. The first-order chi connectivity index (χ1) is 9.42. The molecule has 3 heteroatoms. The summed E-state index contributed by atoms with van der Waals surface area (Å²) in [6.45, 7) is 0.584. The van der Waals surface area contributed by atoms with Crippen molar-refractivity contribution in [2.75, 3.05) is 0 Å². The Bertz CT molecular complexity index is 616. The normalized spacial score (nSPS) is 10.3. The molecule has 0 amide bonds. The molecule has 0 aliphatic carbocycles. The molecule has 0 saturated heterocycles. The number of hydrogen-bond acceptors (Lipinski definition) is 2. The van der Waals surface area contributed by atoms with Gasteiger partial charge in [-0.1, -0.05) is 30.3 Å². The SMILES string of the molecule is c1ccc(COc2ccc(-c3ncc[nH]3)cc2)cc1. The Morgan fingerprint density at radius 3 is 2.42 bits per heavy atom. The van der Waals surface area contributed by atoms with Gasteiger partial charge in [0.1, 0.15) is 18.2 Å². The molecule has 0 aliphatic rings.